The number of carbonyl (C=O) groups excluding carboxylic acids is 2. The average molecular weight is 614 g/mol. The lowest BCUT2D eigenvalue weighted by molar-refractivity contribution is 0.00146. The molecule has 2 aliphatic rings. The predicted octanol–water partition coefficient (Wildman–Crippen LogP) is 6.99. The number of H-pyrrole nitrogens is 1. The minimum atomic E-state index is -1.36. The van der Waals surface area contributed by atoms with Crippen molar-refractivity contribution in [1.29, 1.82) is 0 Å². The molecule has 0 saturated carbocycles. The fourth-order valence-corrected chi connectivity index (χ4v) is 6.19. The lowest BCUT2D eigenvalue weighted by Gasteiger charge is -2.42. The molecule has 1 saturated heterocycles. The van der Waals surface area contributed by atoms with Gasteiger partial charge < -0.3 is 19.4 Å². The number of nitrogens with zero attached hydrogens (tertiary/aromatic N) is 2. The molecule has 5 rings (SSSR count). The highest BCUT2D eigenvalue weighted by molar-refractivity contribution is 5.99. The van der Waals surface area contributed by atoms with E-state index >= 15 is 13.2 Å². The summed E-state index contributed by atoms with van der Waals surface area (Å²) in [7, 11) is 0. The Bertz CT molecular complexity index is 1490. The van der Waals surface area contributed by atoms with E-state index in [9.17, 15) is 9.59 Å². The summed E-state index contributed by atoms with van der Waals surface area (Å²) in [6.07, 6.45) is 0.452. The molecule has 0 aliphatic carbocycles. The minimum Gasteiger partial charge on any atom is -0.444 e. The monoisotopic (exact) mass is 613 g/mol. The van der Waals surface area contributed by atoms with Gasteiger partial charge in [-0.25, -0.2) is 18.0 Å². The number of rotatable bonds is 10. The van der Waals surface area contributed by atoms with E-state index < -0.39 is 47.2 Å². The molecule has 7 nitrogen and oxygen atoms in total. The minimum absolute atomic E-state index is 0.0745. The van der Waals surface area contributed by atoms with E-state index in [2.05, 4.69) is 4.98 Å². The van der Waals surface area contributed by atoms with Crippen LogP contribution in [0.1, 0.15) is 80.7 Å². The van der Waals surface area contributed by atoms with Crippen molar-refractivity contribution in [2.75, 3.05) is 32.8 Å². The van der Waals surface area contributed by atoms with Gasteiger partial charge in [0.25, 0.3) is 0 Å². The Kier molecular flexibility index (Phi) is 9.41. The molecule has 3 atom stereocenters. The van der Waals surface area contributed by atoms with Crippen molar-refractivity contribution >= 4 is 22.8 Å². The van der Waals surface area contributed by atoms with Gasteiger partial charge >= 0.3 is 6.09 Å². The van der Waals surface area contributed by atoms with E-state index in [0.717, 1.165) is 41.4 Å². The highest BCUT2D eigenvalue weighted by atomic mass is 19.1. The Morgan fingerprint density at radius 3 is 2.45 bits per heavy atom. The predicted molar refractivity (Wildman–Crippen MR) is 163 cm³/mol. The molecule has 1 N–H and O–H groups in total. The summed E-state index contributed by atoms with van der Waals surface area (Å²) in [5, 5.41) is 0.964. The smallest absolute Gasteiger partial charge is 0.410 e. The van der Waals surface area contributed by atoms with Gasteiger partial charge in [-0.3, -0.25) is 9.69 Å². The molecule has 1 aromatic heterocycles. The number of hydrogen-bond acceptors (Lipinski definition) is 5. The molecule has 0 unspecified atom stereocenters. The van der Waals surface area contributed by atoms with E-state index in [4.69, 9.17) is 9.47 Å². The largest absolute Gasteiger partial charge is 0.444 e. The molecule has 2 aromatic carbocycles. The van der Waals surface area contributed by atoms with Gasteiger partial charge in [0, 0.05) is 60.0 Å². The zero-order valence-electron chi connectivity index (χ0n) is 26.1. The summed E-state index contributed by atoms with van der Waals surface area (Å²) >= 11 is 0. The van der Waals surface area contributed by atoms with Gasteiger partial charge in [0.2, 0.25) is 0 Å². The highest BCUT2D eigenvalue weighted by Gasteiger charge is 2.42. The van der Waals surface area contributed by atoms with Crippen molar-refractivity contribution in [3.63, 3.8) is 0 Å². The van der Waals surface area contributed by atoms with Crippen molar-refractivity contribution in [3.8, 4) is 0 Å². The molecule has 0 radical (unpaired) electrons. The van der Waals surface area contributed by atoms with Crippen LogP contribution < -0.4 is 0 Å². The summed E-state index contributed by atoms with van der Waals surface area (Å²) in [4.78, 5) is 32.0. The quantitative estimate of drug-likeness (QED) is 0.197. The summed E-state index contributed by atoms with van der Waals surface area (Å²) in [5.74, 6) is -2.78. The first kappa shape index (κ1) is 32.0. The first-order chi connectivity index (χ1) is 20.9. The molecular weight excluding hydrogens is 571 g/mol. The van der Waals surface area contributed by atoms with Crippen molar-refractivity contribution in [2.45, 2.75) is 77.7 Å². The third-order valence-corrected chi connectivity index (χ3v) is 8.41. The van der Waals surface area contributed by atoms with E-state index in [-0.39, 0.29) is 43.4 Å². The number of hydrogen-bond donors (Lipinski definition) is 1. The maximum absolute atomic E-state index is 16.1. The number of amides is 1. The van der Waals surface area contributed by atoms with E-state index in [1.54, 1.807) is 25.7 Å². The summed E-state index contributed by atoms with van der Waals surface area (Å²) in [6.45, 7) is 9.73. The number of halogens is 3. The fraction of sp³-hybridized carbons (Fsp3) is 0.529. The van der Waals surface area contributed by atoms with Crippen LogP contribution in [0.25, 0.3) is 10.9 Å². The van der Waals surface area contributed by atoms with Crippen molar-refractivity contribution < 1.29 is 32.2 Å². The number of aromatic amines is 1. The number of ketones is 1. The summed E-state index contributed by atoms with van der Waals surface area (Å²) in [6, 6.07) is 8.65. The van der Waals surface area contributed by atoms with Crippen LogP contribution in [0.5, 0.6) is 0 Å². The highest BCUT2D eigenvalue weighted by Crippen LogP contribution is 2.43. The molecule has 1 amide bonds. The molecule has 3 heterocycles. The zero-order chi connectivity index (χ0) is 31.8. The molecule has 2 aliphatic heterocycles. The number of Topliss-reactive ketones (excluding diaryl/α,β-unsaturated/α-hetero) is 1. The number of alkyl halides is 1. The van der Waals surface area contributed by atoms with Crippen molar-refractivity contribution in [3.05, 3.63) is 70.4 Å². The molecule has 1 fully saturated rings. The van der Waals surface area contributed by atoms with Gasteiger partial charge in [-0.05, 0) is 64.3 Å². The molecule has 238 valence electrons. The van der Waals surface area contributed by atoms with E-state index in [1.165, 1.54) is 4.90 Å². The van der Waals surface area contributed by atoms with Gasteiger partial charge in [-0.1, -0.05) is 31.5 Å². The number of para-hydroxylation sites is 1. The second kappa shape index (κ2) is 12.9. The van der Waals surface area contributed by atoms with Gasteiger partial charge in [0.15, 0.2) is 5.78 Å². The fourth-order valence-electron chi connectivity index (χ4n) is 6.19. The number of fused-ring (bicyclic) bond motifs is 3. The van der Waals surface area contributed by atoms with Crippen LogP contribution in [0.3, 0.4) is 0 Å². The van der Waals surface area contributed by atoms with E-state index in [0.29, 0.717) is 18.7 Å². The SMILES string of the molecule is CCCCOC[C@H](F)CN1[C@H](c2c(F)cc(C(=O)C3CN(C(=O)OC(C)(C)C)C3)cc2F)c2[nH]c3ccccc3c2C[C@H]1C. The summed E-state index contributed by atoms with van der Waals surface area (Å²) in [5.41, 5.74) is 1.39. The van der Waals surface area contributed by atoms with Crippen LogP contribution in [-0.2, 0) is 15.9 Å². The summed E-state index contributed by atoms with van der Waals surface area (Å²) < 4.78 is 58.3. The van der Waals surface area contributed by atoms with Crippen LogP contribution in [-0.4, -0.2) is 77.3 Å². The Balaban J connectivity index is 1.43. The van der Waals surface area contributed by atoms with Gasteiger partial charge in [0.1, 0.15) is 23.4 Å². The molecule has 3 aromatic rings. The van der Waals surface area contributed by atoms with Crippen LogP contribution in [0.15, 0.2) is 36.4 Å². The van der Waals surface area contributed by atoms with Crippen LogP contribution in [0.2, 0.25) is 0 Å². The Hall–Kier alpha value is -3.37. The maximum atomic E-state index is 16.1. The van der Waals surface area contributed by atoms with Gasteiger partial charge in [-0.15, -0.1) is 0 Å². The second-order valence-electron chi connectivity index (χ2n) is 13.0. The number of likely N-dealkylation sites (tertiary alicyclic amines) is 1. The third-order valence-electron chi connectivity index (χ3n) is 8.41. The molecule has 10 heteroatoms. The normalized spacial score (nSPS) is 20.0. The third kappa shape index (κ3) is 6.66. The number of ether oxygens (including phenoxy) is 2. The zero-order valence-corrected chi connectivity index (χ0v) is 26.1. The van der Waals surface area contributed by atoms with Gasteiger partial charge in [-0.2, -0.15) is 0 Å². The number of nitrogens with one attached hydrogen (secondary N) is 1. The Labute approximate surface area is 256 Å². The topological polar surface area (TPSA) is 74.9 Å². The molecular formula is C34H42F3N3O4. The van der Waals surface area contributed by atoms with Crippen LogP contribution in [0.4, 0.5) is 18.0 Å². The number of carbonyl (C=O) groups is 2. The van der Waals surface area contributed by atoms with E-state index in [1.807, 2.05) is 38.1 Å². The van der Waals surface area contributed by atoms with Crippen LogP contribution in [0, 0.1) is 17.6 Å². The number of unbranched alkanes of at least 4 members (excludes halogenated alkanes) is 1. The van der Waals surface area contributed by atoms with Gasteiger partial charge in [0.05, 0.1) is 18.6 Å². The van der Waals surface area contributed by atoms with Crippen molar-refractivity contribution in [1.82, 2.24) is 14.8 Å². The maximum Gasteiger partial charge on any atom is 0.410 e. The first-order valence-corrected chi connectivity index (χ1v) is 15.5. The standard InChI is InChI=1S/C34H42F3N3O4/c1-6-7-12-43-19-23(35)18-40-20(2)13-25-24-10-8-9-11-28(24)38-30(25)31(40)29-26(36)14-21(15-27(29)37)32(41)22-16-39(17-22)33(42)44-34(3,4)5/h8-11,14-15,20,22-23,31,38H,6-7,12-13,16-19H2,1-5H3/t20-,23-,31-/m1/s1. The lowest BCUT2D eigenvalue weighted by Crippen LogP contribution is -2.54. The van der Waals surface area contributed by atoms with Crippen LogP contribution >= 0.6 is 0 Å². The number of benzene rings is 2. The Morgan fingerprint density at radius 1 is 1.11 bits per heavy atom. The molecule has 0 spiro atoms. The molecule has 44 heavy (non-hydrogen) atoms. The lowest BCUT2D eigenvalue weighted by atomic mass is 9.86. The average Bonchev–Trinajstić information content (AvgIpc) is 3.28. The Morgan fingerprint density at radius 2 is 1.80 bits per heavy atom. The van der Waals surface area contributed by atoms with Crippen molar-refractivity contribution in [2.24, 2.45) is 5.92 Å². The second-order valence-corrected chi connectivity index (χ2v) is 13.0. The number of aromatic nitrogens is 1. The molecule has 0 bridgehead atoms. The first-order valence-electron chi connectivity index (χ1n) is 15.5.